The van der Waals surface area contributed by atoms with Gasteiger partial charge in [-0.3, -0.25) is 0 Å². The van der Waals surface area contributed by atoms with Gasteiger partial charge < -0.3 is 10.1 Å². The quantitative estimate of drug-likeness (QED) is 0.883. The summed E-state index contributed by atoms with van der Waals surface area (Å²) in [5.41, 5.74) is 2.78. The van der Waals surface area contributed by atoms with Crippen molar-refractivity contribution in [2.24, 2.45) is 0 Å². The zero-order valence-electron chi connectivity index (χ0n) is 11.8. The van der Waals surface area contributed by atoms with Gasteiger partial charge in [0, 0.05) is 12.6 Å². The lowest BCUT2D eigenvalue weighted by Gasteiger charge is -2.40. The maximum absolute atomic E-state index is 6.07. The molecule has 2 nitrogen and oxygen atoms in total. The molecule has 1 heterocycles. The molecule has 0 amide bonds. The smallest absolute Gasteiger partial charge is 0.0809 e. The molecule has 1 aliphatic heterocycles. The SMILES string of the molecule is CNC(Cc1ccccc1C)C1(C)CCCCO1. The highest BCUT2D eigenvalue weighted by Crippen LogP contribution is 2.29. The van der Waals surface area contributed by atoms with Gasteiger partial charge in [-0.05, 0) is 57.7 Å². The first kappa shape index (κ1) is 13.6. The minimum atomic E-state index is -0.0186. The zero-order valence-corrected chi connectivity index (χ0v) is 11.8. The first-order valence-electron chi connectivity index (χ1n) is 7.01. The first-order valence-corrected chi connectivity index (χ1v) is 7.01. The monoisotopic (exact) mass is 247 g/mol. The van der Waals surface area contributed by atoms with Crippen molar-refractivity contribution in [2.45, 2.75) is 51.2 Å². The summed E-state index contributed by atoms with van der Waals surface area (Å²) in [6, 6.07) is 9.03. The molecule has 2 heteroatoms. The molecule has 100 valence electrons. The van der Waals surface area contributed by atoms with Gasteiger partial charge in [0.05, 0.1) is 5.60 Å². The molecule has 0 radical (unpaired) electrons. The fourth-order valence-electron chi connectivity index (χ4n) is 2.91. The van der Waals surface area contributed by atoms with Crippen LogP contribution in [0.3, 0.4) is 0 Å². The second-order valence-corrected chi connectivity index (χ2v) is 5.59. The van der Waals surface area contributed by atoms with Crippen LogP contribution in [0.2, 0.25) is 0 Å². The molecule has 1 aliphatic rings. The van der Waals surface area contributed by atoms with Crippen molar-refractivity contribution in [3.05, 3.63) is 35.4 Å². The molecule has 1 aromatic rings. The predicted molar refractivity (Wildman–Crippen MR) is 75.9 cm³/mol. The highest BCUT2D eigenvalue weighted by atomic mass is 16.5. The van der Waals surface area contributed by atoms with Gasteiger partial charge in [0.1, 0.15) is 0 Å². The van der Waals surface area contributed by atoms with E-state index < -0.39 is 0 Å². The second kappa shape index (κ2) is 5.85. The molecule has 0 aromatic heterocycles. The Morgan fingerprint density at radius 2 is 2.11 bits per heavy atom. The summed E-state index contributed by atoms with van der Waals surface area (Å²) in [5.74, 6) is 0. The first-order chi connectivity index (χ1) is 8.65. The summed E-state index contributed by atoms with van der Waals surface area (Å²) in [6.07, 6.45) is 4.68. The number of ether oxygens (including phenoxy) is 1. The van der Waals surface area contributed by atoms with Crippen molar-refractivity contribution >= 4 is 0 Å². The molecule has 2 rings (SSSR count). The molecule has 0 aliphatic carbocycles. The van der Waals surface area contributed by atoms with Crippen LogP contribution in [-0.4, -0.2) is 25.3 Å². The molecule has 0 saturated carbocycles. The molecule has 0 bridgehead atoms. The number of nitrogens with one attached hydrogen (secondary N) is 1. The Morgan fingerprint density at radius 3 is 2.72 bits per heavy atom. The molecular formula is C16H25NO. The molecule has 0 spiro atoms. The largest absolute Gasteiger partial charge is 0.374 e. The van der Waals surface area contributed by atoms with Crippen LogP contribution >= 0.6 is 0 Å². The molecule has 1 saturated heterocycles. The van der Waals surface area contributed by atoms with Crippen LogP contribution in [0.15, 0.2) is 24.3 Å². The fraction of sp³-hybridized carbons (Fsp3) is 0.625. The summed E-state index contributed by atoms with van der Waals surface area (Å²) in [5, 5.41) is 3.46. The molecular weight excluding hydrogens is 222 g/mol. The molecule has 2 unspecified atom stereocenters. The Balaban J connectivity index is 2.11. The molecule has 1 aromatic carbocycles. The van der Waals surface area contributed by atoms with Crippen LogP contribution < -0.4 is 5.32 Å². The van der Waals surface area contributed by atoms with Crippen molar-refractivity contribution in [1.29, 1.82) is 0 Å². The number of benzene rings is 1. The average molecular weight is 247 g/mol. The highest BCUT2D eigenvalue weighted by molar-refractivity contribution is 5.27. The highest BCUT2D eigenvalue weighted by Gasteiger charge is 2.35. The maximum Gasteiger partial charge on any atom is 0.0809 e. The number of likely N-dealkylation sites (N-methyl/N-ethyl adjacent to an activating group) is 1. The van der Waals surface area contributed by atoms with Crippen molar-refractivity contribution in [2.75, 3.05) is 13.7 Å². The predicted octanol–water partition coefficient (Wildman–Crippen LogP) is 3.08. The van der Waals surface area contributed by atoms with Crippen LogP contribution in [0, 0.1) is 6.92 Å². The lowest BCUT2D eigenvalue weighted by molar-refractivity contribution is -0.0870. The minimum Gasteiger partial charge on any atom is -0.374 e. The van der Waals surface area contributed by atoms with E-state index in [0.717, 1.165) is 19.4 Å². The Kier molecular flexibility index (Phi) is 4.41. The molecule has 1 N–H and O–H groups in total. The third-order valence-electron chi connectivity index (χ3n) is 4.27. The normalized spacial score (nSPS) is 25.9. The van der Waals surface area contributed by atoms with Crippen molar-refractivity contribution < 1.29 is 4.74 Å². The van der Waals surface area contributed by atoms with Gasteiger partial charge in [-0.2, -0.15) is 0 Å². The number of aryl methyl sites for hydroxylation is 1. The van der Waals surface area contributed by atoms with Crippen molar-refractivity contribution in [1.82, 2.24) is 5.32 Å². The van der Waals surface area contributed by atoms with E-state index in [-0.39, 0.29) is 5.60 Å². The minimum absolute atomic E-state index is 0.0186. The van der Waals surface area contributed by atoms with E-state index in [1.54, 1.807) is 0 Å². The van der Waals surface area contributed by atoms with Gasteiger partial charge in [0.25, 0.3) is 0 Å². The van der Waals surface area contributed by atoms with Gasteiger partial charge in [-0.1, -0.05) is 24.3 Å². The second-order valence-electron chi connectivity index (χ2n) is 5.59. The van der Waals surface area contributed by atoms with E-state index in [0.29, 0.717) is 6.04 Å². The van der Waals surface area contributed by atoms with Gasteiger partial charge in [0.2, 0.25) is 0 Å². The van der Waals surface area contributed by atoms with E-state index in [1.807, 2.05) is 7.05 Å². The van der Waals surface area contributed by atoms with Crippen LogP contribution in [0.4, 0.5) is 0 Å². The maximum atomic E-state index is 6.07. The molecule has 18 heavy (non-hydrogen) atoms. The fourth-order valence-corrected chi connectivity index (χ4v) is 2.91. The van der Waals surface area contributed by atoms with Gasteiger partial charge in [0.15, 0.2) is 0 Å². The third kappa shape index (κ3) is 2.93. The van der Waals surface area contributed by atoms with E-state index in [4.69, 9.17) is 4.74 Å². The topological polar surface area (TPSA) is 21.3 Å². The number of rotatable bonds is 4. The van der Waals surface area contributed by atoms with Gasteiger partial charge in [-0.15, -0.1) is 0 Å². The van der Waals surface area contributed by atoms with Crippen LogP contribution in [0.25, 0.3) is 0 Å². The van der Waals surface area contributed by atoms with Gasteiger partial charge >= 0.3 is 0 Å². The molecule has 2 atom stereocenters. The summed E-state index contributed by atoms with van der Waals surface area (Å²) < 4.78 is 6.07. The van der Waals surface area contributed by atoms with E-state index >= 15 is 0 Å². The lowest BCUT2D eigenvalue weighted by Crippen LogP contribution is -2.52. The van der Waals surface area contributed by atoms with Crippen LogP contribution in [-0.2, 0) is 11.2 Å². The van der Waals surface area contributed by atoms with Gasteiger partial charge in [-0.25, -0.2) is 0 Å². The summed E-state index contributed by atoms with van der Waals surface area (Å²) >= 11 is 0. The Hall–Kier alpha value is -0.860. The van der Waals surface area contributed by atoms with Crippen LogP contribution in [0.1, 0.15) is 37.3 Å². The summed E-state index contributed by atoms with van der Waals surface area (Å²) in [6.45, 7) is 5.35. The third-order valence-corrected chi connectivity index (χ3v) is 4.27. The lowest BCUT2D eigenvalue weighted by atomic mass is 9.84. The number of hydrogen-bond donors (Lipinski definition) is 1. The Labute approximate surface area is 111 Å². The van der Waals surface area contributed by atoms with E-state index in [2.05, 4.69) is 43.4 Å². The Bertz CT molecular complexity index is 382. The zero-order chi connectivity index (χ0) is 13.0. The molecule has 1 fully saturated rings. The Morgan fingerprint density at radius 1 is 1.33 bits per heavy atom. The summed E-state index contributed by atoms with van der Waals surface area (Å²) in [4.78, 5) is 0. The number of hydrogen-bond acceptors (Lipinski definition) is 2. The van der Waals surface area contributed by atoms with Crippen molar-refractivity contribution in [3.63, 3.8) is 0 Å². The van der Waals surface area contributed by atoms with Crippen LogP contribution in [0.5, 0.6) is 0 Å². The van der Waals surface area contributed by atoms with E-state index in [9.17, 15) is 0 Å². The van der Waals surface area contributed by atoms with Crippen molar-refractivity contribution in [3.8, 4) is 0 Å². The van der Waals surface area contributed by atoms with E-state index in [1.165, 1.54) is 24.0 Å². The average Bonchev–Trinajstić information content (AvgIpc) is 2.38. The summed E-state index contributed by atoms with van der Waals surface area (Å²) in [7, 11) is 2.05. The standard InChI is InChI=1S/C16H25NO/c1-13-8-4-5-9-14(13)12-15(17-3)16(2)10-6-7-11-18-16/h4-5,8-9,15,17H,6-7,10-12H2,1-3H3.